The van der Waals surface area contributed by atoms with Crippen LogP contribution < -0.4 is 4.74 Å². The van der Waals surface area contributed by atoms with Gasteiger partial charge < -0.3 is 14.7 Å². The summed E-state index contributed by atoms with van der Waals surface area (Å²) in [6.45, 7) is 4.45. The van der Waals surface area contributed by atoms with Gasteiger partial charge in [-0.2, -0.15) is 0 Å². The maximum absolute atomic E-state index is 13.3. The zero-order valence-electron chi connectivity index (χ0n) is 16.5. The zero-order chi connectivity index (χ0) is 19.8. The summed E-state index contributed by atoms with van der Waals surface area (Å²) in [6.07, 6.45) is 0.147. The number of hydrogen-bond acceptors (Lipinski definition) is 3. The van der Waals surface area contributed by atoms with Crippen molar-refractivity contribution in [3.05, 3.63) is 76.9 Å². The number of carbonyl (C=O) groups is 1. The number of benzene rings is 3. The lowest BCUT2D eigenvalue weighted by molar-refractivity contribution is 0.0677. The number of ether oxygens (including phenoxy) is 1. The second-order valence-electron chi connectivity index (χ2n) is 7.46. The van der Waals surface area contributed by atoms with Gasteiger partial charge in [0.2, 0.25) is 0 Å². The first kappa shape index (κ1) is 18.5. The lowest BCUT2D eigenvalue weighted by Crippen LogP contribution is -2.39. The molecule has 28 heavy (non-hydrogen) atoms. The minimum atomic E-state index is -0.626. The Morgan fingerprint density at radius 3 is 2.61 bits per heavy atom. The highest BCUT2D eigenvalue weighted by Gasteiger charge is 2.30. The molecule has 1 aliphatic heterocycles. The molecule has 144 valence electrons. The van der Waals surface area contributed by atoms with E-state index >= 15 is 0 Å². The summed E-state index contributed by atoms with van der Waals surface area (Å²) in [4.78, 5) is 15.2. The molecule has 1 N–H and O–H groups in total. The van der Waals surface area contributed by atoms with Crippen molar-refractivity contribution in [2.75, 3.05) is 13.7 Å². The molecule has 0 fully saturated rings. The highest BCUT2D eigenvalue weighted by Crippen LogP contribution is 2.37. The molecule has 0 aliphatic carbocycles. The molecule has 0 aromatic heterocycles. The molecule has 0 bridgehead atoms. The Kier molecular flexibility index (Phi) is 4.82. The van der Waals surface area contributed by atoms with Crippen molar-refractivity contribution in [3.8, 4) is 5.75 Å². The molecule has 2 atom stereocenters. The van der Waals surface area contributed by atoms with Crippen LogP contribution in [-0.4, -0.2) is 29.6 Å². The van der Waals surface area contributed by atoms with Crippen molar-refractivity contribution in [2.24, 2.45) is 0 Å². The topological polar surface area (TPSA) is 49.8 Å². The van der Waals surface area contributed by atoms with Crippen molar-refractivity contribution in [1.29, 1.82) is 0 Å². The molecular formula is C24H25NO3. The van der Waals surface area contributed by atoms with Crippen LogP contribution in [0, 0.1) is 0 Å². The van der Waals surface area contributed by atoms with E-state index in [0.717, 1.165) is 28.3 Å². The highest BCUT2D eigenvalue weighted by atomic mass is 16.5. The predicted octanol–water partition coefficient (Wildman–Crippen LogP) is 4.66. The molecule has 0 radical (unpaired) electrons. The van der Waals surface area contributed by atoms with Crippen molar-refractivity contribution in [2.45, 2.75) is 32.4 Å². The average Bonchev–Trinajstić information content (AvgIpc) is 2.72. The van der Waals surface area contributed by atoms with Crippen molar-refractivity contribution in [1.82, 2.24) is 4.90 Å². The third kappa shape index (κ3) is 3.14. The molecule has 0 saturated heterocycles. The fourth-order valence-corrected chi connectivity index (χ4v) is 4.13. The minimum absolute atomic E-state index is 0.0401. The molecule has 0 spiro atoms. The van der Waals surface area contributed by atoms with Crippen LogP contribution in [0.3, 0.4) is 0 Å². The smallest absolute Gasteiger partial charge is 0.254 e. The van der Waals surface area contributed by atoms with Crippen molar-refractivity contribution >= 4 is 16.7 Å². The van der Waals surface area contributed by atoms with E-state index in [0.29, 0.717) is 17.9 Å². The maximum Gasteiger partial charge on any atom is 0.254 e. The second-order valence-corrected chi connectivity index (χ2v) is 7.46. The molecule has 0 saturated carbocycles. The summed E-state index contributed by atoms with van der Waals surface area (Å²) >= 11 is 0. The van der Waals surface area contributed by atoms with E-state index in [1.54, 1.807) is 14.0 Å². The Labute approximate surface area is 165 Å². The number of amides is 1. The van der Waals surface area contributed by atoms with Gasteiger partial charge in [-0.05, 0) is 66.4 Å². The Bertz CT molecular complexity index is 1040. The van der Waals surface area contributed by atoms with E-state index in [4.69, 9.17) is 4.74 Å². The first-order valence-corrected chi connectivity index (χ1v) is 9.68. The Balaban J connectivity index is 1.68. The average molecular weight is 375 g/mol. The maximum atomic E-state index is 13.3. The van der Waals surface area contributed by atoms with Gasteiger partial charge in [-0.3, -0.25) is 4.79 Å². The fourth-order valence-electron chi connectivity index (χ4n) is 4.13. The fraction of sp³-hybridized carbons (Fsp3) is 0.292. The van der Waals surface area contributed by atoms with Crippen LogP contribution in [0.5, 0.6) is 5.75 Å². The molecule has 4 rings (SSSR count). The summed E-state index contributed by atoms with van der Waals surface area (Å²) in [7, 11) is 1.62. The van der Waals surface area contributed by atoms with Gasteiger partial charge in [-0.15, -0.1) is 0 Å². The monoisotopic (exact) mass is 375 g/mol. The van der Waals surface area contributed by atoms with Gasteiger partial charge in [0.25, 0.3) is 5.91 Å². The number of hydrogen-bond donors (Lipinski definition) is 1. The molecule has 1 heterocycles. The lowest BCUT2D eigenvalue weighted by atomic mass is 9.89. The van der Waals surface area contributed by atoms with Crippen LogP contribution in [0.25, 0.3) is 10.8 Å². The second kappa shape index (κ2) is 7.28. The van der Waals surface area contributed by atoms with E-state index in [-0.39, 0.29) is 11.9 Å². The van der Waals surface area contributed by atoms with Crippen molar-refractivity contribution in [3.63, 3.8) is 0 Å². The summed E-state index contributed by atoms with van der Waals surface area (Å²) < 4.78 is 5.45. The minimum Gasteiger partial charge on any atom is -0.496 e. The van der Waals surface area contributed by atoms with Crippen LogP contribution in [0.1, 0.15) is 53.0 Å². The predicted molar refractivity (Wildman–Crippen MR) is 111 cm³/mol. The molecule has 3 aromatic carbocycles. The van der Waals surface area contributed by atoms with E-state index in [1.807, 2.05) is 59.5 Å². The molecule has 1 amide bonds. The van der Waals surface area contributed by atoms with E-state index in [2.05, 4.69) is 6.92 Å². The van der Waals surface area contributed by atoms with Gasteiger partial charge in [-0.25, -0.2) is 0 Å². The van der Waals surface area contributed by atoms with Gasteiger partial charge in [0.15, 0.2) is 0 Å². The summed E-state index contributed by atoms with van der Waals surface area (Å²) in [5.41, 5.74) is 3.72. The number of nitrogens with zero attached hydrogens (tertiary/aromatic N) is 1. The van der Waals surface area contributed by atoms with Crippen LogP contribution in [0.4, 0.5) is 0 Å². The van der Waals surface area contributed by atoms with Gasteiger partial charge in [-0.1, -0.05) is 30.3 Å². The highest BCUT2D eigenvalue weighted by molar-refractivity contribution is 5.99. The zero-order valence-corrected chi connectivity index (χ0v) is 16.5. The number of carbonyl (C=O) groups excluding carboxylic acids is 1. The third-order valence-corrected chi connectivity index (χ3v) is 5.74. The SMILES string of the molecule is COc1cc2c(cc1C(C)O)C(C)N(C(=O)c1ccc3ccccc3c1)CC2. The number of aliphatic hydroxyl groups excluding tert-OH is 1. The van der Waals surface area contributed by atoms with Crippen LogP contribution in [-0.2, 0) is 6.42 Å². The van der Waals surface area contributed by atoms with Gasteiger partial charge in [0, 0.05) is 17.7 Å². The normalized spacial score (nSPS) is 17.3. The Morgan fingerprint density at radius 2 is 1.89 bits per heavy atom. The molecule has 3 aromatic rings. The van der Waals surface area contributed by atoms with Crippen LogP contribution in [0.15, 0.2) is 54.6 Å². The molecule has 1 aliphatic rings. The Morgan fingerprint density at radius 1 is 1.14 bits per heavy atom. The standard InChI is InChI=1S/C24H25NO3/c1-15-21-14-22(16(2)26)23(28-3)13-19(21)10-11-25(15)24(27)20-9-8-17-6-4-5-7-18(17)12-20/h4-9,12-16,26H,10-11H2,1-3H3. The van der Waals surface area contributed by atoms with E-state index in [1.165, 1.54) is 5.56 Å². The third-order valence-electron chi connectivity index (χ3n) is 5.74. The summed E-state index contributed by atoms with van der Waals surface area (Å²) in [5.74, 6) is 0.744. The van der Waals surface area contributed by atoms with Crippen molar-refractivity contribution < 1.29 is 14.6 Å². The number of aliphatic hydroxyl groups is 1. The largest absolute Gasteiger partial charge is 0.496 e. The summed E-state index contributed by atoms with van der Waals surface area (Å²) in [5, 5.41) is 12.3. The van der Waals surface area contributed by atoms with Crippen LogP contribution >= 0.6 is 0 Å². The molecule has 4 nitrogen and oxygen atoms in total. The van der Waals surface area contributed by atoms with Gasteiger partial charge in [0.1, 0.15) is 5.75 Å². The number of fused-ring (bicyclic) bond motifs is 2. The number of rotatable bonds is 3. The van der Waals surface area contributed by atoms with Crippen LogP contribution in [0.2, 0.25) is 0 Å². The van der Waals surface area contributed by atoms with E-state index < -0.39 is 6.10 Å². The van der Waals surface area contributed by atoms with Gasteiger partial charge >= 0.3 is 0 Å². The van der Waals surface area contributed by atoms with Gasteiger partial charge in [0.05, 0.1) is 19.3 Å². The first-order chi connectivity index (χ1) is 13.5. The number of methoxy groups -OCH3 is 1. The molecule has 2 unspecified atom stereocenters. The quantitative estimate of drug-likeness (QED) is 0.724. The molecule has 4 heteroatoms. The first-order valence-electron chi connectivity index (χ1n) is 9.68. The van der Waals surface area contributed by atoms with E-state index in [9.17, 15) is 9.90 Å². The summed E-state index contributed by atoms with van der Waals surface area (Å²) in [6, 6.07) is 17.9. The molecular weight excluding hydrogens is 350 g/mol. The lowest BCUT2D eigenvalue weighted by Gasteiger charge is -2.36. The Hall–Kier alpha value is -2.85.